The number of nitrogens with two attached hydrogens (primary N) is 1. The molecule has 68 heavy (non-hydrogen) atoms. The summed E-state index contributed by atoms with van der Waals surface area (Å²) in [4.78, 5) is 64.3. The molecule has 0 aliphatic carbocycles. The zero-order valence-electron chi connectivity index (χ0n) is 42.1. The van der Waals surface area contributed by atoms with Crippen molar-refractivity contribution in [2.75, 3.05) is 18.9 Å². The molecule has 0 saturated carbocycles. The van der Waals surface area contributed by atoms with E-state index in [1.165, 1.54) is 30.5 Å². The van der Waals surface area contributed by atoms with E-state index in [9.17, 15) is 29.3 Å². The number of nitro groups is 1. The van der Waals surface area contributed by atoms with Gasteiger partial charge in [-0.25, -0.2) is 18.7 Å². The van der Waals surface area contributed by atoms with Gasteiger partial charge in [0.2, 0.25) is 0 Å². The molecular weight excluding hydrogens is 901 g/mol. The van der Waals surface area contributed by atoms with Crippen LogP contribution in [0.2, 0.25) is 51.4 Å². The third-order valence-electron chi connectivity index (χ3n) is 10.5. The minimum atomic E-state index is -1.34. The lowest BCUT2D eigenvalue weighted by Gasteiger charge is -2.21. The van der Waals surface area contributed by atoms with Crippen molar-refractivity contribution in [2.45, 2.75) is 131 Å². The van der Waals surface area contributed by atoms with Gasteiger partial charge in [-0.05, 0) is 110 Å². The number of nitrogen functional groups attached to an aromatic ring is 1. The number of hydrogen-bond donors (Lipinski definition) is 1. The van der Waals surface area contributed by atoms with Crippen molar-refractivity contribution in [1.29, 1.82) is 0 Å². The number of nitrogens with zero attached hydrogens (tertiary/aromatic N) is 5. The molecule has 0 saturated heterocycles. The molecule has 0 amide bonds. The van der Waals surface area contributed by atoms with Crippen LogP contribution < -0.4 is 16.9 Å². The molecule has 0 fully saturated rings. The van der Waals surface area contributed by atoms with Gasteiger partial charge in [-0.1, -0.05) is 62.5 Å². The second kappa shape index (κ2) is 20.6. The highest BCUT2D eigenvalue weighted by Gasteiger charge is 2.28. The molecule has 2 N–H and O–H groups in total. The van der Waals surface area contributed by atoms with Crippen LogP contribution in [0.3, 0.4) is 0 Å². The number of carbonyl (C=O) groups is 2. The number of hydrogen-bond acceptors (Lipinski definition) is 11. The lowest BCUT2D eigenvalue weighted by molar-refractivity contribution is -0.385. The molecule has 0 aliphatic rings. The number of rotatable bonds is 13. The first-order valence-electron chi connectivity index (χ1n) is 22.7. The number of aryl methyl sites for hydroxylation is 2. The molecule has 0 atom stereocenters. The molecule has 0 spiro atoms. The van der Waals surface area contributed by atoms with Crippen LogP contribution in [0.15, 0.2) is 82.6 Å². The Morgan fingerprint density at radius 2 is 1.03 bits per heavy atom. The predicted octanol–water partition coefficient (Wildman–Crippen LogP) is 11.2. The quantitative estimate of drug-likeness (QED) is 0.0501. The summed E-state index contributed by atoms with van der Waals surface area (Å²) in [7, 11) is -2.58. The van der Waals surface area contributed by atoms with Gasteiger partial charge in [0.25, 0.3) is 16.8 Å². The smallest absolute Gasteiger partial charge is 0.419 e. The first-order valence-corrected chi connectivity index (χ1v) is 30.1. The highest BCUT2D eigenvalue weighted by molar-refractivity contribution is 6.76. The van der Waals surface area contributed by atoms with E-state index in [2.05, 4.69) is 39.3 Å². The van der Waals surface area contributed by atoms with Gasteiger partial charge in [-0.15, -0.1) is 0 Å². The summed E-state index contributed by atoms with van der Waals surface area (Å²) in [6, 6.07) is 19.5. The number of anilines is 1. The van der Waals surface area contributed by atoms with E-state index in [0.29, 0.717) is 41.2 Å². The van der Waals surface area contributed by atoms with Crippen LogP contribution in [0.5, 0.6) is 0 Å². The molecule has 6 rings (SSSR count). The van der Waals surface area contributed by atoms with Crippen molar-refractivity contribution < 1.29 is 33.5 Å². The third kappa shape index (κ3) is 14.0. The van der Waals surface area contributed by atoms with Gasteiger partial charge in [0.05, 0.1) is 44.7 Å². The highest BCUT2D eigenvalue weighted by Crippen LogP contribution is 2.32. The molecule has 16 nitrogen and oxygen atoms in total. The number of fused-ring (bicyclic) bond motifs is 2. The fourth-order valence-electron chi connectivity index (χ4n) is 7.09. The van der Waals surface area contributed by atoms with E-state index in [-0.39, 0.29) is 36.0 Å². The Bertz CT molecular complexity index is 2960. The maximum Gasteiger partial charge on any atom is 0.419 e. The van der Waals surface area contributed by atoms with E-state index in [1.54, 1.807) is 45.2 Å². The topological polar surface area (TPSA) is 194 Å². The van der Waals surface area contributed by atoms with E-state index in [0.717, 1.165) is 34.0 Å². The van der Waals surface area contributed by atoms with Crippen molar-refractivity contribution in [3.63, 3.8) is 0 Å². The molecule has 4 heterocycles. The summed E-state index contributed by atoms with van der Waals surface area (Å²) < 4.78 is 28.1. The van der Waals surface area contributed by atoms with Gasteiger partial charge in [0.15, 0.2) is 0 Å². The molecule has 0 unspecified atom stereocenters. The molecule has 2 aromatic carbocycles. The average molecular weight is 969 g/mol. The Morgan fingerprint density at radius 1 is 0.632 bits per heavy atom. The number of ether oxygens (including phenoxy) is 4. The Labute approximate surface area is 399 Å². The van der Waals surface area contributed by atoms with Crippen molar-refractivity contribution in [1.82, 2.24) is 18.3 Å². The third-order valence-corrected chi connectivity index (χ3v) is 13.9. The zero-order valence-corrected chi connectivity index (χ0v) is 44.1. The van der Waals surface area contributed by atoms with Crippen molar-refractivity contribution in [3.05, 3.63) is 115 Å². The van der Waals surface area contributed by atoms with Crippen LogP contribution >= 0.6 is 0 Å². The van der Waals surface area contributed by atoms with Crippen LogP contribution in [0.25, 0.3) is 44.3 Å². The Kier molecular flexibility index (Phi) is 16.1. The summed E-state index contributed by atoms with van der Waals surface area (Å²) in [5.74, 6) is 0. The van der Waals surface area contributed by atoms with E-state index in [1.807, 2.05) is 71.0 Å². The lowest BCUT2D eigenvalue weighted by Crippen LogP contribution is -2.29. The van der Waals surface area contributed by atoms with Gasteiger partial charge < -0.3 is 24.7 Å². The Balaban J connectivity index is 0.000000255. The van der Waals surface area contributed by atoms with Gasteiger partial charge in [0, 0.05) is 58.1 Å². The van der Waals surface area contributed by atoms with E-state index < -0.39 is 50.0 Å². The zero-order chi connectivity index (χ0) is 50.7. The molecule has 366 valence electrons. The Morgan fingerprint density at radius 3 is 1.41 bits per heavy atom. The van der Waals surface area contributed by atoms with E-state index >= 15 is 0 Å². The van der Waals surface area contributed by atoms with Crippen LogP contribution in [-0.2, 0) is 32.4 Å². The maximum absolute atomic E-state index is 13.4. The largest absolute Gasteiger partial charge is 0.443 e. The fraction of sp³-hybridized carbons (Fsp3) is 0.440. The molecule has 4 aromatic heterocycles. The second-order valence-corrected chi connectivity index (χ2v) is 32.9. The minimum absolute atomic E-state index is 0.0210. The van der Waals surface area contributed by atoms with Gasteiger partial charge in [0.1, 0.15) is 24.7 Å². The van der Waals surface area contributed by atoms with Crippen LogP contribution in [0.1, 0.15) is 52.7 Å². The molecular formula is C50H68N6O10Si2. The number of benzene rings is 2. The summed E-state index contributed by atoms with van der Waals surface area (Å²) >= 11 is 0. The number of pyridine rings is 2. The fourth-order valence-corrected chi connectivity index (χ4v) is 8.61. The SMILES string of the molecule is Cc1ccc2c(c1)cc(-c1cc(N)cn(COCC[Si](C)(C)C)c1=O)n2C(=O)OC(C)(C)C.Cc1ccc2c(c1)cc(-c1cc([N+](=O)[O-])cn(COCC[Si](C)(C)C)c1=O)n2C(=O)OC(C)(C)C. The first-order chi connectivity index (χ1) is 31.4. The highest BCUT2D eigenvalue weighted by atomic mass is 28.3. The second-order valence-electron chi connectivity index (χ2n) is 21.6. The van der Waals surface area contributed by atoms with Crippen LogP contribution in [0.4, 0.5) is 21.0 Å². The monoisotopic (exact) mass is 968 g/mol. The molecule has 0 aliphatic heterocycles. The predicted molar refractivity (Wildman–Crippen MR) is 275 cm³/mol. The van der Waals surface area contributed by atoms with Gasteiger partial charge in [-0.2, -0.15) is 0 Å². The van der Waals surface area contributed by atoms with Crippen LogP contribution in [0, 0.1) is 24.0 Å². The van der Waals surface area contributed by atoms with Crippen molar-refractivity contribution in [3.8, 4) is 22.5 Å². The molecule has 18 heteroatoms. The van der Waals surface area contributed by atoms with Gasteiger partial charge in [-0.3, -0.25) is 28.8 Å². The van der Waals surface area contributed by atoms with E-state index in [4.69, 9.17) is 24.7 Å². The van der Waals surface area contributed by atoms with Crippen molar-refractivity contribution >= 4 is 61.5 Å². The standard InChI is InChI=1S/C25H33N3O6Si.C25H35N3O4Si/c1-17-8-9-21-18(12-17)13-22(27(21)24(30)34-25(2,3)4)20-14-19(28(31)32)15-26(23(20)29)16-33-10-11-35(5,6)7;1-17-8-9-21-18(12-17)13-22(28(21)24(30)32-25(2,3)4)20-14-19(26)15-27(23(20)29)16-31-10-11-33(5,6)7/h8-9,12-15H,10-11,16H2,1-7H3;8-9,12-15H,10-11,16,26H2,1-7H3. The lowest BCUT2D eigenvalue weighted by atomic mass is 10.1. The first kappa shape index (κ1) is 52.9. The molecule has 6 aromatic rings. The summed E-state index contributed by atoms with van der Waals surface area (Å²) in [5, 5.41) is 13.2. The number of carbonyl (C=O) groups excluding carboxylic acids is 2. The maximum atomic E-state index is 13.4. The number of aromatic nitrogens is 4. The summed E-state index contributed by atoms with van der Waals surface area (Å²) in [6.07, 6.45) is 1.53. The summed E-state index contributed by atoms with van der Waals surface area (Å²) in [6.45, 7) is 29.1. The average Bonchev–Trinajstić information content (AvgIpc) is 3.76. The normalized spacial score (nSPS) is 12.3. The minimum Gasteiger partial charge on any atom is -0.443 e. The molecule has 0 radical (unpaired) electrons. The van der Waals surface area contributed by atoms with Gasteiger partial charge >= 0.3 is 12.2 Å². The van der Waals surface area contributed by atoms with Crippen molar-refractivity contribution in [2.24, 2.45) is 0 Å². The van der Waals surface area contributed by atoms with Crippen LogP contribution in [-0.4, -0.2) is 75.9 Å². The molecule has 0 bridgehead atoms. The summed E-state index contributed by atoms with van der Waals surface area (Å²) in [5.41, 5.74) is 8.31. The Hall–Kier alpha value is -6.09.